The summed E-state index contributed by atoms with van der Waals surface area (Å²) in [6.45, 7) is 2.28. The molecule has 0 saturated heterocycles. The van der Waals surface area contributed by atoms with E-state index in [-0.39, 0.29) is 42.7 Å². The van der Waals surface area contributed by atoms with E-state index in [2.05, 4.69) is 37.3 Å². The summed E-state index contributed by atoms with van der Waals surface area (Å²) in [5.74, 6) is 0. The van der Waals surface area contributed by atoms with Crippen LogP contribution in [0.1, 0.15) is 18.9 Å². The van der Waals surface area contributed by atoms with Gasteiger partial charge in [0, 0.05) is 0 Å². The molecule has 0 radical (unpaired) electrons. The average molecular weight is 229 g/mol. The van der Waals surface area contributed by atoms with Crippen molar-refractivity contribution in [1.82, 2.24) is 0 Å². The molecule has 0 fully saturated rings. The number of hydrogen-bond acceptors (Lipinski definition) is 0. The van der Waals surface area contributed by atoms with Gasteiger partial charge in [0.05, 0.1) is 0 Å². The molecule has 1 rings (SSSR count). The van der Waals surface area contributed by atoms with Gasteiger partial charge in [-0.1, -0.05) is 49.2 Å². The molecule has 1 aromatic carbocycles. The molecule has 72 valence electrons. The molecule has 0 spiro atoms. The fraction of sp³-hybridized carbons (Fsp3) is 0.400. The first-order valence-electron chi connectivity index (χ1n) is 4.47. The standard InChI is InChI=1S/C7H7.C3H7.ClH.Mg.H3P/c1-7-5-3-2-4-6-7;1-3-2;;;/h2-6H,1H2;1,3H2,2H3;1H;;1H3. The van der Waals surface area contributed by atoms with Crippen LogP contribution >= 0.6 is 22.3 Å². The summed E-state index contributed by atoms with van der Waals surface area (Å²) in [6, 6.07) is 10.8. The van der Waals surface area contributed by atoms with Gasteiger partial charge in [-0.25, -0.2) is 0 Å². The van der Waals surface area contributed by atoms with Crippen molar-refractivity contribution in [2.45, 2.75) is 22.4 Å². The van der Waals surface area contributed by atoms with Gasteiger partial charge in [-0.3, -0.25) is 0 Å². The maximum Gasteiger partial charge on any atom is 0.370 e. The van der Waals surface area contributed by atoms with Crippen molar-refractivity contribution in [3.05, 3.63) is 35.9 Å². The summed E-state index contributed by atoms with van der Waals surface area (Å²) < 4.78 is 2.88. The molecule has 1 atom stereocenters. The Labute approximate surface area is 101 Å². The van der Waals surface area contributed by atoms with Crippen LogP contribution in [0.25, 0.3) is 0 Å². The van der Waals surface area contributed by atoms with E-state index in [0.29, 0.717) is 0 Å². The molecule has 13 heavy (non-hydrogen) atoms. The minimum atomic E-state index is 0. The zero-order valence-corrected chi connectivity index (χ0v) is 12.0. The van der Waals surface area contributed by atoms with Crippen molar-refractivity contribution >= 4 is 42.7 Å². The van der Waals surface area contributed by atoms with Gasteiger partial charge in [-0.15, -0.1) is 21.5 Å². The van der Waals surface area contributed by atoms with Crippen molar-refractivity contribution < 1.29 is 0 Å². The van der Waals surface area contributed by atoms with E-state index in [0.717, 1.165) is 0 Å². The van der Waals surface area contributed by atoms with Gasteiger partial charge in [0.25, 0.3) is 0 Å². The third-order valence-electron chi connectivity index (χ3n) is 1.91. The van der Waals surface area contributed by atoms with Crippen LogP contribution in [0.3, 0.4) is 0 Å². The van der Waals surface area contributed by atoms with E-state index >= 15 is 0 Å². The van der Waals surface area contributed by atoms with Crippen LogP contribution in [0.5, 0.6) is 0 Å². The minimum Gasteiger partial charge on any atom is -0.153 e. The Morgan fingerprint density at radius 2 is 1.77 bits per heavy atom. The van der Waals surface area contributed by atoms with Crippen LogP contribution in [0.15, 0.2) is 30.3 Å². The van der Waals surface area contributed by atoms with E-state index in [4.69, 9.17) is 0 Å². The van der Waals surface area contributed by atoms with Gasteiger partial charge in [0.1, 0.15) is 0 Å². The SMILES string of the molecule is CC[CH2][Mg][CH2]c1ccccc1.Cl.P. The summed E-state index contributed by atoms with van der Waals surface area (Å²) in [5.41, 5.74) is 1.53. The van der Waals surface area contributed by atoms with Gasteiger partial charge < -0.3 is 0 Å². The van der Waals surface area contributed by atoms with Crippen molar-refractivity contribution in [3.63, 3.8) is 0 Å². The van der Waals surface area contributed by atoms with Crippen molar-refractivity contribution in [2.24, 2.45) is 0 Å². The lowest BCUT2D eigenvalue weighted by atomic mass is 10.2. The topological polar surface area (TPSA) is 0 Å². The van der Waals surface area contributed by atoms with Gasteiger partial charge >= 0.3 is 20.4 Å². The number of benzene rings is 1. The van der Waals surface area contributed by atoms with Crippen molar-refractivity contribution in [2.75, 3.05) is 0 Å². The average Bonchev–Trinajstić information content (AvgIpc) is 2.07. The van der Waals surface area contributed by atoms with Crippen LogP contribution < -0.4 is 0 Å². The highest BCUT2D eigenvalue weighted by Gasteiger charge is 1.94. The van der Waals surface area contributed by atoms with Gasteiger partial charge in [-0.2, -0.15) is 9.90 Å². The second kappa shape index (κ2) is 10.8. The molecular weight excluding hydrogens is 211 g/mol. The number of rotatable bonds is 4. The maximum absolute atomic E-state index is 2.28. The Hall–Kier alpha value is 0.706. The quantitative estimate of drug-likeness (QED) is 0.422. The van der Waals surface area contributed by atoms with Crippen LogP contribution in [0, 0.1) is 0 Å². The number of halogens is 1. The highest BCUT2D eigenvalue weighted by molar-refractivity contribution is 6.92. The lowest BCUT2D eigenvalue weighted by Gasteiger charge is -1.96. The van der Waals surface area contributed by atoms with Crippen molar-refractivity contribution in [3.8, 4) is 0 Å². The minimum absolute atomic E-state index is 0. The summed E-state index contributed by atoms with van der Waals surface area (Å²) in [7, 11) is 0. The second-order valence-electron chi connectivity index (χ2n) is 2.94. The highest BCUT2D eigenvalue weighted by atomic mass is 35.5. The van der Waals surface area contributed by atoms with Crippen LogP contribution in [-0.4, -0.2) is 20.4 Å². The Balaban J connectivity index is 0. The second-order valence-corrected chi connectivity index (χ2v) is 4.86. The van der Waals surface area contributed by atoms with E-state index in [9.17, 15) is 0 Å². The van der Waals surface area contributed by atoms with Crippen LogP contribution in [0.2, 0.25) is 4.55 Å². The molecule has 3 heteroatoms. The predicted molar refractivity (Wildman–Crippen MR) is 69.4 cm³/mol. The molecule has 0 aliphatic heterocycles. The monoisotopic (exact) mass is 228 g/mol. The molecule has 0 amide bonds. The number of hydrogen-bond donors (Lipinski definition) is 0. The largest absolute Gasteiger partial charge is 0.370 e. The highest BCUT2D eigenvalue weighted by Crippen LogP contribution is 1.99. The third-order valence-corrected chi connectivity index (χ3v) is 4.05. The van der Waals surface area contributed by atoms with Gasteiger partial charge in [0.15, 0.2) is 0 Å². The molecule has 0 aromatic heterocycles. The molecule has 0 aliphatic carbocycles. The van der Waals surface area contributed by atoms with Crippen LogP contribution in [-0.2, 0) is 4.55 Å². The predicted octanol–water partition coefficient (Wildman–Crippen LogP) is 3.20. The maximum atomic E-state index is 2.28. The first-order chi connectivity index (χ1) is 5.43. The molecule has 0 heterocycles. The molecule has 0 nitrogen and oxygen atoms in total. The van der Waals surface area contributed by atoms with Gasteiger partial charge in [-0.05, 0) is 0 Å². The lowest BCUT2D eigenvalue weighted by Crippen LogP contribution is -1.94. The zero-order valence-electron chi connectivity index (χ0n) is 8.33. The molecule has 0 N–H and O–H groups in total. The Morgan fingerprint density at radius 3 is 2.31 bits per heavy atom. The molecule has 0 saturated carbocycles. The molecule has 1 aromatic rings. The summed E-state index contributed by atoms with van der Waals surface area (Å²) in [5, 5.41) is 0. The summed E-state index contributed by atoms with van der Waals surface area (Å²) in [6.07, 6.45) is 1.37. The molecular formula is C10H18ClMgP. The van der Waals surface area contributed by atoms with E-state index in [1.165, 1.54) is 21.1 Å². The Kier molecular flexibility index (Phi) is 13.4. The van der Waals surface area contributed by atoms with E-state index in [1.54, 1.807) is 0 Å². The zero-order chi connectivity index (χ0) is 7.94. The Bertz CT molecular complexity index is 191. The van der Waals surface area contributed by atoms with Crippen molar-refractivity contribution in [1.29, 1.82) is 0 Å². The normalized spacial score (nSPS) is 7.77. The van der Waals surface area contributed by atoms with E-state index < -0.39 is 0 Å². The summed E-state index contributed by atoms with van der Waals surface area (Å²) >= 11 is 0.213. The van der Waals surface area contributed by atoms with E-state index in [1.807, 2.05) is 0 Å². The Morgan fingerprint density at radius 1 is 1.15 bits per heavy atom. The fourth-order valence-electron chi connectivity index (χ4n) is 1.22. The van der Waals surface area contributed by atoms with Gasteiger partial charge in [0.2, 0.25) is 0 Å². The summed E-state index contributed by atoms with van der Waals surface area (Å²) in [4.78, 5) is 0. The lowest BCUT2D eigenvalue weighted by molar-refractivity contribution is 1.06. The van der Waals surface area contributed by atoms with Crippen LogP contribution in [0.4, 0.5) is 0 Å². The first kappa shape index (κ1) is 16.1. The smallest absolute Gasteiger partial charge is 0.153 e. The third kappa shape index (κ3) is 7.75. The fourth-order valence-corrected chi connectivity index (χ4v) is 2.72. The molecule has 0 aliphatic rings. The first-order valence-corrected chi connectivity index (χ1v) is 6.47. The molecule has 0 bridgehead atoms. The molecule has 1 unspecified atom stereocenters.